The Bertz CT molecular complexity index is 955. The van der Waals surface area contributed by atoms with Gasteiger partial charge in [0, 0.05) is 24.2 Å². The van der Waals surface area contributed by atoms with Crippen LogP contribution in [-0.2, 0) is 11.3 Å². The van der Waals surface area contributed by atoms with Crippen LogP contribution in [0.15, 0.2) is 35.8 Å². The molecule has 0 aromatic carbocycles. The number of hydrogen-bond donors (Lipinski definition) is 1. The molecule has 0 aliphatic heterocycles. The lowest BCUT2D eigenvalue weighted by atomic mass is 9.97. The van der Waals surface area contributed by atoms with Crippen molar-refractivity contribution in [3.63, 3.8) is 0 Å². The lowest BCUT2D eigenvalue weighted by molar-refractivity contribution is 0.0526. The first-order valence-corrected chi connectivity index (χ1v) is 11.3. The van der Waals surface area contributed by atoms with E-state index in [2.05, 4.69) is 27.5 Å². The Hall–Kier alpha value is -2.67. The SMILES string of the molecule is C=CCNC(=O)c1cc(-c2csc(C(=O)OCC)n2)n(CCC2=CCCCC2)c1C. The summed E-state index contributed by atoms with van der Waals surface area (Å²) in [4.78, 5) is 29.2. The second-order valence-electron chi connectivity index (χ2n) is 7.30. The van der Waals surface area contributed by atoms with Gasteiger partial charge in [0.05, 0.1) is 23.6 Å². The molecule has 0 saturated heterocycles. The molecule has 0 atom stereocenters. The maximum Gasteiger partial charge on any atom is 0.367 e. The van der Waals surface area contributed by atoms with Crippen molar-refractivity contribution in [3.05, 3.63) is 52.0 Å². The normalized spacial score (nSPS) is 13.6. The molecule has 0 fully saturated rings. The molecule has 0 radical (unpaired) electrons. The van der Waals surface area contributed by atoms with E-state index in [1.807, 2.05) is 18.4 Å². The number of nitrogens with one attached hydrogen (secondary N) is 1. The van der Waals surface area contributed by atoms with E-state index in [0.29, 0.717) is 29.4 Å². The Balaban J connectivity index is 1.92. The lowest BCUT2D eigenvalue weighted by Crippen LogP contribution is -2.23. The molecule has 1 aliphatic rings. The quantitative estimate of drug-likeness (QED) is 0.456. The van der Waals surface area contributed by atoms with E-state index in [9.17, 15) is 9.59 Å². The number of ether oxygens (including phenoxy) is 1. The van der Waals surface area contributed by atoms with Crippen molar-refractivity contribution in [1.82, 2.24) is 14.9 Å². The number of esters is 1. The largest absolute Gasteiger partial charge is 0.461 e. The summed E-state index contributed by atoms with van der Waals surface area (Å²) in [5, 5.41) is 5.03. The van der Waals surface area contributed by atoms with Crippen molar-refractivity contribution in [2.24, 2.45) is 0 Å². The number of carbonyl (C=O) groups excluding carboxylic acids is 2. The van der Waals surface area contributed by atoms with Crippen LogP contribution in [0.4, 0.5) is 0 Å². The van der Waals surface area contributed by atoms with Gasteiger partial charge in [0.15, 0.2) is 0 Å². The first-order chi connectivity index (χ1) is 14.5. The minimum atomic E-state index is -0.417. The molecular weight excluding hydrogens is 398 g/mol. The number of carbonyl (C=O) groups is 2. The topological polar surface area (TPSA) is 73.2 Å². The van der Waals surface area contributed by atoms with Crippen LogP contribution in [0, 0.1) is 6.92 Å². The van der Waals surface area contributed by atoms with Crippen LogP contribution in [0.25, 0.3) is 11.4 Å². The highest BCUT2D eigenvalue weighted by Crippen LogP contribution is 2.29. The summed E-state index contributed by atoms with van der Waals surface area (Å²) in [5.41, 5.74) is 4.53. The van der Waals surface area contributed by atoms with Gasteiger partial charge in [0.1, 0.15) is 0 Å². The highest BCUT2D eigenvalue weighted by molar-refractivity contribution is 7.11. The van der Waals surface area contributed by atoms with Crippen LogP contribution >= 0.6 is 11.3 Å². The smallest absolute Gasteiger partial charge is 0.367 e. The molecule has 6 nitrogen and oxygen atoms in total. The molecule has 0 saturated carbocycles. The maximum atomic E-state index is 12.7. The molecule has 160 valence electrons. The number of hydrogen-bond acceptors (Lipinski definition) is 5. The number of nitrogens with zero attached hydrogens (tertiary/aromatic N) is 2. The van der Waals surface area contributed by atoms with Crippen molar-refractivity contribution in [2.75, 3.05) is 13.2 Å². The summed E-state index contributed by atoms with van der Waals surface area (Å²) in [5.74, 6) is -0.551. The summed E-state index contributed by atoms with van der Waals surface area (Å²) >= 11 is 1.26. The van der Waals surface area contributed by atoms with E-state index in [1.165, 1.54) is 29.8 Å². The van der Waals surface area contributed by atoms with Crippen molar-refractivity contribution in [2.45, 2.75) is 52.5 Å². The number of rotatable bonds is 9. The van der Waals surface area contributed by atoms with Gasteiger partial charge in [0.2, 0.25) is 5.01 Å². The van der Waals surface area contributed by atoms with Crippen LogP contribution in [0.3, 0.4) is 0 Å². The maximum absolute atomic E-state index is 12.7. The molecule has 3 rings (SSSR count). The molecule has 0 unspecified atom stereocenters. The van der Waals surface area contributed by atoms with Crippen LogP contribution < -0.4 is 5.32 Å². The average Bonchev–Trinajstić information content (AvgIpc) is 3.36. The number of aromatic nitrogens is 2. The first-order valence-electron chi connectivity index (χ1n) is 10.4. The molecule has 7 heteroatoms. The molecule has 1 aliphatic carbocycles. The Morgan fingerprint density at radius 2 is 2.23 bits per heavy atom. The molecule has 30 heavy (non-hydrogen) atoms. The molecule has 2 aromatic heterocycles. The van der Waals surface area contributed by atoms with Crippen molar-refractivity contribution in [3.8, 4) is 11.4 Å². The van der Waals surface area contributed by atoms with Gasteiger partial charge < -0.3 is 14.6 Å². The second-order valence-corrected chi connectivity index (χ2v) is 8.15. The fourth-order valence-electron chi connectivity index (χ4n) is 3.70. The van der Waals surface area contributed by atoms with Crippen molar-refractivity contribution >= 4 is 23.2 Å². The summed E-state index contributed by atoms with van der Waals surface area (Å²) in [6.45, 7) is 8.88. The van der Waals surface area contributed by atoms with Crippen molar-refractivity contribution in [1.29, 1.82) is 0 Å². The highest BCUT2D eigenvalue weighted by Gasteiger charge is 2.21. The summed E-state index contributed by atoms with van der Waals surface area (Å²) < 4.78 is 7.21. The summed E-state index contributed by atoms with van der Waals surface area (Å²) in [6.07, 6.45) is 9.76. The summed E-state index contributed by atoms with van der Waals surface area (Å²) in [7, 11) is 0. The molecule has 2 heterocycles. The highest BCUT2D eigenvalue weighted by atomic mass is 32.1. The van der Waals surface area contributed by atoms with Gasteiger partial charge in [-0.3, -0.25) is 4.79 Å². The fourth-order valence-corrected chi connectivity index (χ4v) is 4.40. The van der Waals surface area contributed by atoms with E-state index in [1.54, 1.807) is 13.0 Å². The van der Waals surface area contributed by atoms with E-state index in [0.717, 1.165) is 37.2 Å². The fraction of sp³-hybridized carbons (Fsp3) is 0.435. The van der Waals surface area contributed by atoms with E-state index in [4.69, 9.17) is 4.74 Å². The van der Waals surface area contributed by atoms with Gasteiger partial charge in [-0.05, 0) is 52.0 Å². The zero-order chi connectivity index (χ0) is 21.5. The molecule has 2 aromatic rings. The minimum Gasteiger partial charge on any atom is -0.461 e. The van der Waals surface area contributed by atoms with Crippen LogP contribution in [0.5, 0.6) is 0 Å². The van der Waals surface area contributed by atoms with Crippen LogP contribution in [0.2, 0.25) is 0 Å². The molecular formula is C23H29N3O3S. The minimum absolute atomic E-state index is 0.134. The number of thiazole rings is 1. The van der Waals surface area contributed by atoms with Crippen molar-refractivity contribution < 1.29 is 14.3 Å². The van der Waals surface area contributed by atoms with Gasteiger partial charge in [-0.2, -0.15) is 0 Å². The van der Waals surface area contributed by atoms with Gasteiger partial charge in [-0.1, -0.05) is 17.7 Å². The average molecular weight is 428 g/mol. The van der Waals surface area contributed by atoms with Gasteiger partial charge in [-0.25, -0.2) is 9.78 Å². The number of allylic oxidation sites excluding steroid dienone is 2. The Labute approximate surface area is 181 Å². The van der Waals surface area contributed by atoms with E-state index in [-0.39, 0.29) is 5.91 Å². The van der Waals surface area contributed by atoms with Crippen LogP contribution in [0.1, 0.15) is 64.9 Å². The molecule has 0 bridgehead atoms. The first kappa shape index (κ1) is 22.0. The predicted molar refractivity (Wildman–Crippen MR) is 120 cm³/mol. The van der Waals surface area contributed by atoms with E-state index >= 15 is 0 Å². The zero-order valence-corrected chi connectivity index (χ0v) is 18.5. The molecule has 0 spiro atoms. The predicted octanol–water partition coefficient (Wildman–Crippen LogP) is 4.90. The van der Waals surface area contributed by atoms with Crippen LogP contribution in [-0.4, -0.2) is 34.6 Å². The Kier molecular flexibility index (Phi) is 7.63. The second kappa shape index (κ2) is 10.4. The zero-order valence-electron chi connectivity index (χ0n) is 17.7. The third-order valence-corrected chi connectivity index (χ3v) is 6.10. The Morgan fingerprint density at radius 1 is 1.40 bits per heavy atom. The van der Waals surface area contributed by atoms with E-state index < -0.39 is 5.97 Å². The third kappa shape index (κ3) is 5.08. The molecule has 1 N–H and O–H groups in total. The molecule has 1 amide bonds. The van der Waals surface area contributed by atoms with Gasteiger partial charge in [0.25, 0.3) is 5.91 Å². The third-order valence-electron chi connectivity index (χ3n) is 5.28. The Morgan fingerprint density at radius 3 is 2.93 bits per heavy atom. The monoisotopic (exact) mass is 427 g/mol. The van der Waals surface area contributed by atoms with Gasteiger partial charge in [-0.15, -0.1) is 17.9 Å². The standard InChI is InChI=1S/C23H29N3O3S/c1-4-12-24-21(27)18-14-20(19-15-30-22(25-19)23(28)29-5-2)26(16(18)3)13-11-17-9-7-6-8-10-17/h4,9,14-15H,1,5-8,10-13H2,2-3H3,(H,24,27). The van der Waals surface area contributed by atoms with Gasteiger partial charge >= 0.3 is 5.97 Å². The lowest BCUT2D eigenvalue weighted by Gasteiger charge is -2.15. The summed E-state index contributed by atoms with van der Waals surface area (Å²) in [6, 6.07) is 1.87. The number of amides is 1.